The van der Waals surface area contributed by atoms with E-state index in [2.05, 4.69) is 37.3 Å². The van der Waals surface area contributed by atoms with E-state index in [-0.39, 0.29) is 0 Å². The molecule has 0 heteroatoms. The minimum absolute atomic E-state index is 0.527. The summed E-state index contributed by atoms with van der Waals surface area (Å²) in [5.41, 5.74) is 2.85. The minimum atomic E-state index is 0.527. The average molecular weight is 283 g/mol. The molecule has 2 bridgehead atoms. The highest BCUT2D eigenvalue weighted by atomic mass is 14.5. The van der Waals surface area contributed by atoms with Crippen molar-refractivity contribution < 1.29 is 0 Å². The maximum atomic E-state index is 3.18. The summed E-state index contributed by atoms with van der Waals surface area (Å²) in [5.74, 6) is 0. The van der Waals surface area contributed by atoms with Gasteiger partial charge in [-0.1, -0.05) is 63.3 Å². The molecule has 3 aliphatic rings. The molecule has 0 spiro atoms. The maximum absolute atomic E-state index is 3.18. The molecule has 0 amide bonds. The summed E-state index contributed by atoms with van der Waals surface area (Å²) in [6, 6.07) is 12.0. The number of unbranched alkanes of at least 4 members (excludes halogenated alkanes) is 4. The van der Waals surface area contributed by atoms with Gasteiger partial charge in [-0.05, 0) is 67.4 Å². The molecule has 3 saturated carbocycles. The largest absolute Gasteiger partial charge is 0.0654 e. The summed E-state index contributed by atoms with van der Waals surface area (Å²) >= 11 is 0. The van der Waals surface area contributed by atoms with Crippen LogP contribution < -0.4 is 0 Å². The molecule has 4 rings (SSSR count). The van der Waals surface area contributed by atoms with Crippen LogP contribution in [0.2, 0.25) is 0 Å². The second-order valence-corrected chi connectivity index (χ2v) is 7.73. The zero-order chi connectivity index (χ0) is 14.6. The molecule has 0 heterocycles. The molecule has 0 saturated heterocycles. The Balaban J connectivity index is 1.54. The van der Waals surface area contributed by atoms with Crippen molar-refractivity contribution in [3.05, 3.63) is 35.9 Å². The van der Waals surface area contributed by atoms with E-state index in [9.17, 15) is 0 Å². The Morgan fingerprint density at radius 2 is 1.48 bits per heavy atom. The second-order valence-electron chi connectivity index (χ2n) is 7.73. The second kappa shape index (κ2) is 6.55. The molecule has 0 aromatic heterocycles. The number of hydrogen-bond donors (Lipinski definition) is 0. The zero-order valence-electron chi connectivity index (χ0n) is 13.8. The molecule has 0 nitrogen and oxygen atoms in total. The van der Waals surface area contributed by atoms with Crippen molar-refractivity contribution in [2.24, 2.45) is 5.41 Å². The third-order valence-electron chi connectivity index (χ3n) is 6.54. The van der Waals surface area contributed by atoms with Gasteiger partial charge in [0.1, 0.15) is 0 Å². The lowest BCUT2D eigenvalue weighted by Crippen LogP contribution is -2.44. The first-order valence-electron chi connectivity index (χ1n) is 9.25. The fourth-order valence-corrected chi connectivity index (χ4v) is 4.92. The van der Waals surface area contributed by atoms with Crippen LogP contribution in [0.3, 0.4) is 0 Å². The van der Waals surface area contributed by atoms with Crippen LogP contribution in [-0.4, -0.2) is 0 Å². The van der Waals surface area contributed by atoms with Crippen LogP contribution in [0.5, 0.6) is 0 Å². The van der Waals surface area contributed by atoms with Gasteiger partial charge in [0, 0.05) is 0 Å². The predicted molar refractivity (Wildman–Crippen MR) is 90.5 cm³/mol. The Morgan fingerprint density at radius 3 is 2.10 bits per heavy atom. The Kier molecular flexibility index (Phi) is 4.72. The summed E-state index contributed by atoms with van der Waals surface area (Å²) in [4.78, 5) is 0. The van der Waals surface area contributed by atoms with Gasteiger partial charge in [0.25, 0.3) is 0 Å². The van der Waals surface area contributed by atoms with E-state index in [1.165, 1.54) is 77.0 Å². The fraction of sp³-hybridized carbons (Fsp3) is 0.714. The quantitative estimate of drug-likeness (QED) is 0.505. The molecule has 3 fully saturated rings. The van der Waals surface area contributed by atoms with Crippen molar-refractivity contribution in [1.82, 2.24) is 0 Å². The van der Waals surface area contributed by atoms with Crippen LogP contribution in [0, 0.1) is 11.5 Å². The molecule has 21 heavy (non-hydrogen) atoms. The van der Waals surface area contributed by atoms with Crippen molar-refractivity contribution in [2.75, 3.05) is 0 Å². The SMILES string of the molecule is CCCCCCCC12CCC(c3cc[c]cc3)(CC1)CC2. The fourth-order valence-electron chi connectivity index (χ4n) is 4.92. The van der Waals surface area contributed by atoms with Crippen molar-refractivity contribution in [3.8, 4) is 0 Å². The van der Waals surface area contributed by atoms with Crippen LogP contribution in [0.15, 0.2) is 24.3 Å². The van der Waals surface area contributed by atoms with Crippen LogP contribution >= 0.6 is 0 Å². The summed E-state index contributed by atoms with van der Waals surface area (Å²) in [6.45, 7) is 2.31. The van der Waals surface area contributed by atoms with E-state index in [1.807, 2.05) is 0 Å². The van der Waals surface area contributed by atoms with Gasteiger partial charge < -0.3 is 0 Å². The van der Waals surface area contributed by atoms with Gasteiger partial charge in [0.05, 0.1) is 0 Å². The summed E-state index contributed by atoms with van der Waals surface area (Å²) in [6.07, 6.45) is 17.5. The molecule has 115 valence electrons. The number of benzene rings is 1. The average Bonchev–Trinajstić information content (AvgIpc) is 2.57. The molecular formula is C21H31. The standard InChI is InChI=1S/C21H31/c1-2-3-4-5-9-12-20-13-16-21(17-14-20,18-15-20)19-10-7-6-8-11-19/h7-8,10-11H,2-5,9,12-18H2,1H3. The van der Waals surface area contributed by atoms with Crippen molar-refractivity contribution in [3.63, 3.8) is 0 Å². The van der Waals surface area contributed by atoms with E-state index < -0.39 is 0 Å². The monoisotopic (exact) mass is 283 g/mol. The first-order valence-corrected chi connectivity index (χ1v) is 9.25. The van der Waals surface area contributed by atoms with Crippen molar-refractivity contribution in [1.29, 1.82) is 0 Å². The smallest absolute Gasteiger partial charge is 0.00463 e. The highest BCUT2D eigenvalue weighted by Crippen LogP contribution is 2.59. The van der Waals surface area contributed by atoms with E-state index in [4.69, 9.17) is 0 Å². The Labute approximate surface area is 131 Å². The molecule has 1 radical (unpaired) electrons. The van der Waals surface area contributed by atoms with Crippen LogP contribution in [0.4, 0.5) is 0 Å². The predicted octanol–water partition coefficient (Wildman–Crippen LogP) is 6.44. The molecule has 1 aromatic carbocycles. The van der Waals surface area contributed by atoms with Gasteiger partial charge in [0.2, 0.25) is 0 Å². The van der Waals surface area contributed by atoms with Crippen LogP contribution in [0.1, 0.15) is 89.5 Å². The van der Waals surface area contributed by atoms with E-state index in [0.29, 0.717) is 5.41 Å². The van der Waals surface area contributed by atoms with Crippen LogP contribution in [0.25, 0.3) is 0 Å². The van der Waals surface area contributed by atoms with Gasteiger partial charge in [-0.3, -0.25) is 0 Å². The molecule has 0 aliphatic heterocycles. The van der Waals surface area contributed by atoms with Gasteiger partial charge >= 0.3 is 0 Å². The van der Waals surface area contributed by atoms with Gasteiger partial charge in [0.15, 0.2) is 0 Å². The zero-order valence-corrected chi connectivity index (χ0v) is 13.8. The molecule has 0 atom stereocenters. The summed E-state index contributed by atoms with van der Waals surface area (Å²) in [5, 5.41) is 0. The third kappa shape index (κ3) is 3.20. The molecule has 0 N–H and O–H groups in total. The highest BCUT2D eigenvalue weighted by molar-refractivity contribution is 5.27. The van der Waals surface area contributed by atoms with Gasteiger partial charge in [-0.25, -0.2) is 0 Å². The molecule has 0 unspecified atom stereocenters. The summed E-state index contributed by atoms with van der Waals surface area (Å²) < 4.78 is 0. The normalized spacial score (nSPS) is 31.5. The number of rotatable bonds is 7. The lowest BCUT2D eigenvalue weighted by Gasteiger charge is -2.54. The highest BCUT2D eigenvalue weighted by Gasteiger charge is 2.48. The van der Waals surface area contributed by atoms with Crippen molar-refractivity contribution >= 4 is 0 Å². The molecule has 1 aromatic rings. The Hall–Kier alpha value is -0.780. The van der Waals surface area contributed by atoms with Crippen molar-refractivity contribution in [2.45, 2.75) is 89.4 Å². The first kappa shape index (κ1) is 15.1. The number of hydrogen-bond acceptors (Lipinski definition) is 0. The van der Waals surface area contributed by atoms with E-state index in [0.717, 1.165) is 5.41 Å². The Morgan fingerprint density at radius 1 is 0.857 bits per heavy atom. The van der Waals surface area contributed by atoms with Gasteiger partial charge in [-0.15, -0.1) is 0 Å². The lowest BCUT2D eigenvalue weighted by atomic mass is 9.51. The van der Waals surface area contributed by atoms with E-state index in [1.54, 1.807) is 5.56 Å². The van der Waals surface area contributed by atoms with Gasteiger partial charge in [-0.2, -0.15) is 0 Å². The maximum Gasteiger partial charge on any atom is -0.00463 e. The summed E-state index contributed by atoms with van der Waals surface area (Å²) in [7, 11) is 0. The number of fused-ring (bicyclic) bond motifs is 3. The van der Waals surface area contributed by atoms with E-state index >= 15 is 0 Å². The van der Waals surface area contributed by atoms with Crippen LogP contribution in [-0.2, 0) is 5.41 Å². The molecule has 3 aliphatic carbocycles. The molecular weight excluding hydrogens is 252 g/mol. The third-order valence-corrected chi connectivity index (χ3v) is 6.54. The Bertz CT molecular complexity index is 406. The first-order chi connectivity index (χ1) is 10.3. The minimum Gasteiger partial charge on any atom is -0.0654 e. The topological polar surface area (TPSA) is 0 Å². The lowest BCUT2D eigenvalue weighted by molar-refractivity contribution is 0.0304.